The van der Waals surface area contributed by atoms with E-state index in [4.69, 9.17) is 0 Å². The third-order valence-corrected chi connectivity index (χ3v) is 10.8. The quantitative estimate of drug-likeness (QED) is 0.306. The normalized spacial score (nSPS) is 29.0. The molecular formula is C37H36N2O6. The number of aryl methyl sites for hydroxylation is 2. The van der Waals surface area contributed by atoms with Gasteiger partial charge in [0.25, 0.3) is 0 Å². The van der Waals surface area contributed by atoms with Gasteiger partial charge in [0.2, 0.25) is 23.6 Å². The molecule has 3 fully saturated rings. The number of nitrogens with zero attached hydrogens (tertiary/aromatic N) is 2. The number of phenols is 2. The molecule has 45 heavy (non-hydrogen) atoms. The van der Waals surface area contributed by atoms with Gasteiger partial charge in [0, 0.05) is 12.5 Å². The number of hydrogen-bond acceptors (Lipinski definition) is 6. The summed E-state index contributed by atoms with van der Waals surface area (Å²) >= 11 is 0. The molecule has 230 valence electrons. The maximum atomic E-state index is 14.5. The number of carbonyl (C=O) groups is 4. The highest BCUT2D eigenvalue weighted by Gasteiger charge is 2.67. The van der Waals surface area contributed by atoms with Crippen LogP contribution in [0, 0.1) is 42.9 Å². The Morgan fingerprint density at radius 3 is 2.18 bits per heavy atom. The zero-order valence-electron chi connectivity index (χ0n) is 25.6. The summed E-state index contributed by atoms with van der Waals surface area (Å²) < 4.78 is 0. The minimum Gasteiger partial charge on any atom is -0.508 e. The van der Waals surface area contributed by atoms with E-state index in [1.807, 2.05) is 45.0 Å². The van der Waals surface area contributed by atoms with Crippen LogP contribution in [-0.4, -0.2) is 45.3 Å². The van der Waals surface area contributed by atoms with E-state index >= 15 is 0 Å². The second-order valence-corrected chi connectivity index (χ2v) is 13.2. The highest BCUT2D eigenvalue weighted by molar-refractivity contribution is 6.24. The molecule has 4 aliphatic rings. The lowest BCUT2D eigenvalue weighted by molar-refractivity contribution is -0.140. The van der Waals surface area contributed by atoms with Crippen LogP contribution in [0.4, 0.5) is 5.69 Å². The van der Waals surface area contributed by atoms with Crippen LogP contribution in [0.25, 0.3) is 0 Å². The minimum absolute atomic E-state index is 0.153. The van der Waals surface area contributed by atoms with Gasteiger partial charge in [-0.3, -0.25) is 24.1 Å². The van der Waals surface area contributed by atoms with Crippen molar-refractivity contribution in [1.29, 1.82) is 0 Å². The summed E-state index contributed by atoms with van der Waals surface area (Å²) in [6.07, 6.45) is 3.20. The van der Waals surface area contributed by atoms with Gasteiger partial charge in [0.05, 0.1) is 28.9 Å². The number of carbonyl (C=O) groups excluding carboxylic acids is 4. The number of aromatic hydroxyl groups is 2. The van der Waals surface area contributed by atoms with Crippen LogP contribution >= 0.6 is 0 Å². The van der Waals surface area contributed by atoms with Crippen LogP contribution in [0.15, 0.2) is 78.4 Å². The highest BCUT2D eigenvalue weighted by Crippen LogP contribution is 2.63. The van der Waals surface area contributed by atoms with Gasteiger partial charge in [-0.25, -0.2) is 4.90 Å². The SMILES string of the molecule is Cc1cc(C2C3=CCC4C(=O)N(CCc5ccc(O)cc5)C(=O)C4C3CC3C(=O)N(c4ccccc4)C(=O)C32C)cc(C)c1O. The molecule has 3 aromatic carbocycles. The third kappa shape index (κ3) is 4.25. The molecule has 3 aromatic rings. The Labute approximate surface area is 262 Å². The van der Waals surface area contributed by atoms with E-state index in [1.54, 1.807) is 48.5 Å². The standard InChI is InChI=1S/C37H36N2O6/c1-20-17-23(18-21(2)32(20)41)31-26-13-14-27-30(35(44)38(33(27)42)16-15-22-9-11-25(40)12-10-22)28(26)19-29-34(43)39(36(45)37(29,31)3)24-7-5-4-6-8-24/h4-13,17-18,27-31,40-41H,14-16,19H2,1-3H3. The van der Waals surface area contributed by atoms with E-state index in [2.05, 4.69) is 0 Å². The Kier molecular flexibility index (Phi) is 6.73. The molecule has 7 rings (SSSR count). The fourth-order valence-corrected chi connectivity index (χ4v) is 8.56. The number of para-hydroxylation sites is 1. The summed E-state index contributed by atoms with van der Waals surface area (Å²) in [4.78, 5) is 59.2. The Balaban J connectivity index is 1.30. The predicted molar refractivity (Wildman–Crippen MR) is 167 cm³/mol. The van der Waals surface area contributed by atoms with E-state index in [0.717, 1.165) is 16.7 Å². The molecule has 6 atom stereocenters. The summed E-state index contributed by atoms with van der Waals surface area (Å²) in [6, 6.07) is 19.5. The molecule has 2 aliphatic heterocycles. The molecule has 2 saturated heterocycles. The van der Waals surface area contributed by atoms with Crippen LogP contribution in [0.3, 0.4) is 0 Å². The molecule has 6 unspecified atom stereocenters. The Morgan fingerprint density at radius 1 is 0.844 bits per heavy atom. The fraction of sp³-hybridized carbons (Fsp3) is 0.351. The summed E-state index contributed by atoms with van der Waals surface area (Å²) in [5.74, 6) is -3.37. The molecule has 0 spiro atoms. The van der Waals surface area contributed by atoms with Gasteiger partial charge in [-0.2, -0.15) is 0 Å². The summed E-state index contributed by atoms with van der Waals surface area (Å²) in [5.41, 5.74) is 3.39. The zero-order valence-corrected chi connectivity index (χ0v) is 25.6. The molecule has 4 amide bonds. The van der Waals surface area contributed by atoms with Crippen LogP contribution < -0.4 is 4.90 Å². The smallest absolute Gasteiger partial charge is 0.241 e. The number of phenolic OH excluding ortho intramolecular Hbond substituents is 2. The summed E-state index contributed by atoms with van der Waals surface area (Å²) in [6.45, 7) is 5.75. The van der Waals surface area contributed by atoms with E-state index in [1.165, 1.54) is 9.80 Å². The number of likely N-dealkylation sites (tertiary alicyclic amines) is 1. The lowest BCUT2D eigenvalue weighted by Gasteiger charge is -2.49. The zero-order chi connectivity index (χ0) is 31.8. The molecule has 2 heterocycles. The number of amides is 4. The Morgan fingerprint density at radius 2 is 1.51 bits per heavy atom. The van der Waals surface area contributed by atoms with Crippen LogP contribution in [0.1, 0.15) is 47.9 Å². The second kappa shape index (κ2) is 10.4. The van der Waals surface area contributed by atoms with Crippen molar-refractivity contribution in [2.24, 2.45) is 29.1 Å². The van der Waals surface area contributed by atoms with Crippen LogP contribution in [0.5, 0.6) is 11.5 Å². The van der Waals surface area contributed by atoms with Crippen molar-refractivity contribution in [2.75, 3.05) is 11.4 Å². The molecule has 1 saturated carbocycles. The van der Waals surface area contributed by atoms with Crippen molar-refractivity contribution in [3.63, 3.8) is 0 Å². The molecule has 2 aliphatic carbocycles. The second-order valence-electron chi connectivity index (χ2n) is 13.2. The van der Waals surface area contributed by atoms with Gasteiger partial charge in [-0.1, -0.05) is 54.1 Å². The number of hydrogen-bond donors (Lipinski definition) is 2. The van der Waals surface area contributed by atoms with Gasteiger partial charge in [-0.05, 0) is 92.5 Å². The molecule has 2 N–H and O–H groups in total. The number of rotatable bonds is 5. The van der Waals surface area contributed by atoms with E-state index in [0.29, 0.717) is 36.1 Å². The fourth-order valence-electron chi connectivity index (χ4n) is 8.56. The topological polar surface area (TPSA) is 115 Å². The number of anilines is 1. The van der Waals surface area contributed by atoms with Crippen molar-refractivity contribution >= 4 is 29.3 Å². The molecular weight excluding hydrogens is 568 g/mol. The lowest BCUT2D eigenvalue weighted by atomic mass is 9.51. The Hall–Kier alpha value is -4.72. The lowest BCUT2D eigenvalue weighted by Crippen LogP contribution is -2.49. The first-order chi connectivity index (χ1) is 21.5. The first kappa shape index (κ1) is 29.0. The van der Waals surface area contributed by atoms with Gasteiger partial charge < -0.3 is 10.2 Å². The van der Waals surface area contributed by atoms with Crippen molar-refractivity contribution < 1.29 is 29.4 Å². The van der Waals surface area contributed by atoms with Gasteiger partial charge >= 0.3 is 0 Å². The summed E-state index contributed by atoms with van der Waals surface area (Å²) in [7, 11) is 0. The summed E-state index contributed by atoms with van der Waals surface area (Å²) in [5, 5.41) is 20.2. The van der Waals surface area contributed by atoms with Gasteiger partial charge in [-0.15, -0.1) is 0 Å². The van der Waals surface area contributed by atoms with E-state index in [9.17, 15) is 29.4 Å². The molecule has 0 aromatic heterocycles. The van der Waals surface area contributed by atoms with Gasteiger partial charge in [0.1, 0.15) is 11.5 Å². The minimum atomic E-state index is -1.12. The van der Waals surface area contributed by atoms with E-state index in [-0.39, 0.29) is 47.6 Å². The maximum Gasteiger partial charge on any atom is 0.241 e. The predicted octanol–water partition coefficient (Wildman–Crippen LogP) is 5.19. The molecule has 0 bridgehead atoms. The first-order valence-electron chi connectivity index (χ1n) is 15.6. The number of benzene rings is 3. The largest absolute Gasteiger partial charge is 0.508 e. The maximum absolute atomic E-state index is 14.5. The molecule has 8 nitrogen and oxygen atoms in total. The van der Waals surface area contributed by atoms with Crippen molar-refractivity contribution in [2.45, 2.75) is 46.0 Å². The van der Waals surface area contributed by atoms with Crippen molar-refractivity contribution in [3.05, 3.63) is 101 Å². The molecule has 0 radical (unpaired) electrons. The third-order valence-electron chi connectivity index (χ3n) is 10.8. The number of allylic oxidation sites excluding steroid dienone is 2. The average molecular weight is 605 g/mol. The van der Waals surface area contributed by atoms with Gasteiger partial charge in [0.15, 0.2) is 0 Å². The Bertz CT molecular complexity index is 1760. The monoisotopic (exact) mass is 604 g/mol. The van der Waals surface area contributed by atoms with E-state index < -0.39 is 29.1 Å². The van der Waals surface area contributed by atoms with Crippen molar-refractivity contribution in [3.8, 4) is 11.5 Å². The van der Waals surface area contributed by atoms with Crippen LogP contribution in [0.2, 0.25) is 0 Å². The van der Waals surface area contributed by atoms with Crippen molar-refractivity contribution in [1.82, 2.24) is 4.90 Å². The molecule has 8 heteroatoms. The number of fused-ring (bicyclic) bond motifs is 4. The first-order valence-corrected chi connectivity index (χ1v) is 15.6. The average Bonchev–Trinajstić information content (AvgIpc) is 3.38. The van der Waals surface area contributed by atoms with Crippen LogP contribution in [-0.2, 0) is 25.6 Å². The highest BCUT2D eigenvalue weighted by atomic mass is 16.3. The number of imide groups is 2.